The van der Waals surface area contributed by atoms with Gasteiger partial charge in [0.25, 0.3) is 5.91 Å². The Labute approximate surface area is 167 Å². The van der Waals surface area contributed by atoms with E-state index in [0.717, 1.165) is 0 Å². The van der Waals surface area contributed by atoms with Gasteiger partial charge in [-0.05, 0) is 56.3 Å². The molecule has 148 valence electrons. The predicted molar refractivity (Wildman–Crippen MR) is 107 cm³/mol. The highest BCUT2D eigenvalue weighted by atomic mass is 19.1. The largest absolute Gasteiger partial charge is 0.462 e. The fourth-order valence-electron chi connectivity index (χ4n) is 2.56. The lowest BCUT2D eigenvalue weighted by Gasteiger charge is -2.10. The molecule has 7 nitrogen and oxygen atoms in total. The monoisotopic (exact) mass is 394 g/mol. The number of carbonyl (C=O) groups is 2. The number of benzene rings is 2. The van der Waals surface area contributed by atoms with Gasteiger partial charge in [-0.15, -0.1) is 0 Å². The van der Waals surface area contributed by atoms with Crippen LogP contribution in [0.25, 0.3) is 0 Å². The number of nitrogens with one attached hydrogen (secondary N) is 2. The van der Waals surface area contributed by atoms with E-state index in [0.29, 0.717) is 28.6 Å². The van der Waals surface area contributed by atoms with Crippen molar-refractivity contribution in [3.8, 4) is 0 Å². The highest BCUT2D eigenvalue weighted by Gasteiger charge is 2.12. The first-order valence-electron chi connectivity index (χ1n) is 8.91. The molecule has 29 heavy (non-hydrogen) atoms. The predicted octanol–water partition coefficient (Wildman–Crippen LogP) is 4.10. The van der Waals surface area contributed by atoms with Crippen LogP contribution < -0.4 is 10.6 Å². The maximum atomic E-state index is 13.4. The SMILES string of the molecule is CCOC(=O)c1ccc(NC(=O)c2cc(Nc3cccc(F)c3)nc(C)n2)cc1. The van der Waals surface area contributed by atoms with Gasteiger partial charge in [0.2, 0.25) is 0 Å². The summed E-state index contributed by atoms with van der Waals surface area (Å²) in [7, 11) is 0. The van der Waals surface area contributed by atoms with Gasteiger partial charge in [0.05, 0.1) is 12.2 Å². The summed E-state index contributed by atoms with van der Waals surface area (Å²) in [6.07, 6.45) is 0. The molecule has 3 rings (SSSR count). The molecule has 0 fully saturated rings. The van der Waals surface area contributed by atoms with E-state index in [1.165, 1.54) is 18.2 Å². The van der Waals surface area contributed by atoms with E-state index < -0.39 is 11.9 Å². The molecular formula is C21H19FN4O3. The van der Waals surface area contributed by atoms with Crippen molar-refractivity contribution in [1.29, 1.82) is 0 Å². The molecule has 0 spiro atoms. The minimum Gasteiger partial charge on any atom is -0.462 e. The third kappa shape index (κ3) is 5.35. The van der Waals surface area contributed by atoms with Crippen molar-refractivity contribution >= 4 is 29.1 Å². The number of carbonyl (C=O) groups excluding carboxylic acids is 2. The zero-order valence-corrected chi connectivity index (χ0v) is 15.9. The van der Waals surface area contributed by atoms with Gasteiger partial charge in [-0.2, -0.15) is 0 Å². The van der Waals surface area contributed by atoms with Crippen LogP contribution in [-0.2, 0) is 4.74 Å². The molecule has 1 amide bonds. The van der Waals surface area contributed by atoms with Crippen LogP contribution in [0.4, 0.5) is 21.6 Å². The summed E-state index contributed by atoms with van der Waals surface area (Å²) >= 11 is 0. The highest BCUT2D eigenvalue weighted by Crippen LogP contribution is 2.17. The molecule has 0 atom stereocenters. The molecule has 0 aliphatic carbocycles. The summed E-state index contributed by atoms with van der Waals surface area (Å²) in [5.41, 5.74) is 1.54. The van der Waals surface area contributed by atoms with Crippen molar-refractivity contribution in [3.63, 3.8) is 0 Å². The molecule has 0 unspecified atom stereocenters. The average Bonchev–Trinajstić information content (AvgIpc) is 2.68. The van der Waals surface area contributed by atoms with Crippen molar-refractivity contribution in [2.75, 3.05) is 17.2 Å². The number of rotatable bonds is 6. The molecule has 0 bridgehead atoms. The number of aryl methyl sites for hydroxylation is 1. The Hall–Kier alpha value is -3.81. The Kier molecular flexibility index (Phi) is 6.13. The molecule has 2 N–H and O–H groups in total. The van der Waals surface area contributed by atoms with Crippen LogP contribution in [0, 0.1) is 12.7 Å². The van der Waals surface area contributed by atoms with Gasteiger partial charge in [0.15, 0.2) is 0 Å². The Morgan fingerprint density at radius 3 is 2.48 bits per heavy atom. The molecule has 3 aromatic rings. The van der Waals surface area contributed by atoms with Crippen molar-refractivity contribution in [1.82, 2.24) is 9.97 Å². The molecule has 0 aliphatic heterocycles. The number of esters is 1. The first kappa shape index (κ1) is 19.9. The van der Waals surface area contributed by atoms with E-state index in [1.807, 2.05) is 0 Å². The second-order valence-electron chi connectivity index (χ2n) is 6.07. The van der Waals surface area contributed by atoms with E-state index in [1.54, 1.807) is 50.2 Å². The summed E-state index contributed by atoms with van der Waals surface area (Å²) in [6.45, 7) is 3.67. The quantitative estimate of drug-likeness (QED) is 0.612. The molecule has 0 saturated carbocycles. The van der Waals surface area contributed by atoms with Gasteiger partial charge in [0.1, 0.15) is 23.2 Å². The Morgan fingerprint density at radius 2 is 1.79 bits per heavy atom. The molecular weight excluding hydrogens is 375 g/mol. The third-order valence-electron chi connectivity index (χ3n) is 3.82. The average molecular weight is 394 g/mol. The van der Waals surface area contributed by atoms with E-state index in [-0.39, 0.29) is 18.1 Å². The molecule has 0 saturated heterocycles. The number of nitrogens with zero attached hydrogens (tertiary/aromatic N) is 2. The van der Waals surface area contributed by atoms with Crippen LogP contribution in [0.15, 0.2) is 54.6 Å². The third-order valence-corrected chi connectivity index (χ3v) is 3.82. The van der Waals surface area contributed by atoms with Gasteiger partial charge >= 0.3 is 5.97 Å². The van der Waals surface area contributed by atoms with E-state index in [9.17, 15) is 14.0 Å². The number of aromatic nitrogens is 2. The summed E-state index contributed by atoms with van der Waals surface area (Å²) in [5, 5.41) is 5.67. The molecule has 0 aliphatic rings. The van der Waals surface area contributed by atoms with Gasteiger partial charge < -0.3 is 15.4 Å². The normalized spacial score (nSPS) is 10.3. The fraction of sp³-hybridized carbons (Fsp3) is 0.143. The zero-order valence-electron chi connectivity index (χ0n) is 15.9. The number of halogens is 1. The minimum absolute atomic E-state index is 0.144. The Balaban J connectivity index is 1.73. The lowest BCUT2D eigenvalue weighted by molar-refractivity contribution is 0.0526. The first-order chi connectivity index (χ1) is 13.9. The van der Waals surface area contributed by atoms with Crippen molar-refractivity contribution in [2.24, 2.45) is 0 Å². The van der Waals surface area contributed by atoms with Gasteiger partial charge in [0, 0.05) is 17.4 Å². The topological polar surface area (TPSA) is 93.2 Å². The number of ether oxygens (including phenoxy) is 1. The van der Waals surface area contributed by atoms with Crippen LogP contribution in [0.3, 0.4) is 0 Å². The van der Waals surface area contributed by atoms with Crippen molar-refractivity contribution in [3.05, 3.63) is 77.5 Å². The molecule has 1 aromatic heterocycles. The van der Waals surface area contributed by atoms with Crippen LogP contribution >= 0.6 is 0 Å². The van der Waals surface area contributed by atoms with Crippen LogP contribution in [0.5, 0.6) is 0 Å². The van der Waals surface area contributed by atoms with Gasteiger partial charge in [-0.3, -0.25) is 4.79 Å². The van der Waals surface area contributed by atoms with Crippen LogP contribution in [-0.4, -0.2) is 28.5 Å². The number of amides is 1. The fourth-order valence-corrected chi connectivity index (χ4v) is 2.56. The molecule has 1 heterocycles. The summed E-state index contributed by atoms with van der Waals surface area (Å²) in [4.78, 5) is 32.6. The number of anilines is 3. The smallest absolute Gasteiger partial charge is 0.338 e. The lowest BCUT2D eigenvalue weighted by Crippen LogP contribution is -2.15. The molecule has 0 radical (unpaired) electrons. The van der Waals surface area contributed by atoms with E-state index >= 15 is 0 Å². The van der Waals surface area contributed by atoms with E-state index in [4.69, 9.17) is 4.74 Å². The molecule has 8 heteroatoms. The standard InChI is InChI=1S/C21H19FN4O3/c1-3-29-21(28)14-7-9-16(10-8-14)26-20(27)18-12-19(24-13(2)23-18)25-17-6-4-5-15(22)11-17/h4-12H,3H2,1-2H3,(H,26,27)(H,23,24,25). The summed E-state index contributed by atoms with van der Waals surface area (Å²) in [5.74, 6) is -0.503. The molecule has 2 aromatic carbocycles. The minimum atomic E-state index is -0.443. The second-order valence-corrected chi connectivity index (χ2v) is 6.07. The highest BCUT2D eigenvalue weighted by molar-refractivity contribution is 6.03. The second kappa shape index (κ2) is 8.92. The Bertz CT molecular complexity index is 1040. The maximum Gasteiger partial charge on any atom is 0.338 e. The Morgan fingerprint density at radius 1 is 1.03 bits per heavy atom. The maximum absolute atomic E-state index is 13.4. The van der Waals surface area contributed by atoms with E-state index in [2.05, 4.69) is 20.6 Å². The van der Waals surface area contributed by atoms with Crippen molar-refractivity contribution in [2.45, 2.75) is 13.8 Å². The zero-order chi connectivity index (χ0) is 20.8. The number of hydrogen-bond donors (Lipinski definition) is 2. The van der Waals surface area contributed by atoms with Crippen molar-refractivity contribution < 1.29 is 18.7 Å². The lowest BCUT2D eigenvalue weighted by atomic mass is 10.2. The van der Waals surface area contributed by atoms with Crippen LogP contribution in [0.1, 0.15) is 33.6 Å². The summed E-state index contributed by atoms with van der Waals surface area (Å²) < 4.78 is 18.3. The van der Waals surface area contributed by atoms with Gasteiger partial charge in [-0.25, -0.2) is 19.2 Å². The number of hydrogen-bond acceptors (Lipinski definition) is 6. The van der Waals surface area contributed by atoms with Gasteiger partial charge in [-0.1, -0.05) is 6.07 Å². The first-order valence-corrected chi connectivity index (χ1v) is 8.91. The summed E-state index contributed by atoms with van der Waals surface area (Å²) in [6, 6.07) is 13.7. The van der Waals surface area contributed by atoms with Crippen LogP contribution in [0.2, 0.25) is 0 Å².